The van der Waals surface area contributed by atoms with Gasteiger partial charge in [-0.15, -0.1) is 11.3 Å². The first-order chi connectivity index (χ1) is 22.4. The van der Waals surface area contributed by atoms with E-state index in [4.69, 9.17) is 16.2 Å². The van der Waals surface area contributed by atoms with Crippen LogP contribution in [-0.2, 0) is 35.5 Å². The van der Waals surface area contributed by atoms with E-state index in [1.54, 1.807) is 35.6 Å². The van der Waals surface area contributed by atoms with Crippen LogP contribution in [0.5, 0.6) is 5.75 Å². The molecule has 0 aliphatic carbocycles. The van der Waals surface area contributed by atoms with E-state index in [-0.39, 0.29) is 23.8 Å². The summed E-state index contributed by atoms with van der Waals surface area (Å²) in [6, 6.07) is 29.2. The van der Waals surface area contributed by atoms with Crippen molar-refractivity contribution in [2.45, 2.75) is 44.8 Å². The third-order valence-corrected chi connectivity index (χ3v) is 8.95. The molecule has 0 saturated carbocycles. The molecule has 1 heterocycles. The molecule has 0 radical (unpaired) electrons. The van der Waals surface area contributed by atoms with Crippen LogP contribution in [0.15, 0.2) is 102 Å². The number of amides is 3. The fourth-order valence-electron chi connectivity index (χ4n) is 5.49. The zero-order valence-corrected chi connectivity index (χ0v) is 26.5. The van der Waals surface area contributed by atoms with E-state index in [1.807, 2.05) is 85.1 Å². The van der Waals surface area contributed by atoms with Crippen molar-refractivity contribution >= 4 is 39.1 Å². The number of nitrogens with one attached hydrogen (secondary N) is 2. The number of fused-ring (bicyclic) bond motifs is 1. The smallest absolute Gasteiger partial charge is 0.249 e. The van der Waals surface area contributed by atoms with Crippen molar-refractivity contribution in [2.24, 2.45) is 11.5 Å². The van der Waals surface area contributed by atoms with Crippen molar-refractivity contribution in [3.05, 3.63) is 136 Å². The number of hydrogen-bond donors (Lipinski definition) is 4. The first-order valence-corrected chi connectivity index (χ1v) is 16.2. The molecular weight excluding hydrogens is 596 g/mol. The van der Waals surface area contributed by atoms with Gasteiger partial charge in [0.2, 0.25) is 17.7 Å². The first kappa shape index (κ1) is 32.4. The summed E-state index contributed by atoms with van der Waals surface area (Å²) < 4.78 is 6.69. The molecule has 5 rings (SSSR count). The number of carbonyl (C=O) groups is 3. The van der Waals surface area contributed by atoms with E-state index >= 15 is 0 Å². The Balaban J connectivity index is 1.44. The summed E-state index contributed by atoms with van der Waals surface area (Å²) >= 11 is 1.60. The van der Waals surface area contributed by atoms with Crippen LogP contribution in [0.1, 0.15) is 51.0 Å². The molecule has 4 aromatic carbocycles. The van der Waals surface area contributed by atoms with Crippen molar-refractivity contribution in [1.82, 2.24) is 10.6 Å². The highest BCUT2D eigenvalue weighted by Gasteiger charge is 2.30. The van der Waals surface area contributed by atoms with Gasteiger partial charge in [-0.1, -0.05) is 72.8 Å². The summed E-state index contributed by atoms with van der Waals surface area (Å²) in [6.45, 7) is 3.18. The Morgan fingerprint density at radius 2 is 1.48 bits per heavy atom. The number of rotatable bonds is 14. The Kier molecular flexibility index (Phi) is 10.8. The summed E-state index contributed by atoms with van der Waals surface area (Å²) in [5.74, 6) is -1.38. The molecule has 0 saturated heterocycles. The number of thiophene rings is 1. The van der Waals surface area contributed by atoms with Crippen LogP contribution in [0, 0.1) is 0 Å². The molecule has 236 valence electrons. The van der Waals surface area contributed by atoms with Gasteiger partial charge in [-0.3, -0.25) is 14.4 Å². The Morgan fingerprint density at radius 1 is 0.804 bits per heavy atom. The molecule has 0 aliphatic rings. The molecule has 5 aromatic rings. The third-order valence-electron chi connectivity index (χ3n) is 7.94. The molecular formula is C37H38N4O4S. The molecule has 0 aliphatic heterocycles. The van der Waals surface area contributed by atoms with Gasteiger partial charge < -0.3 is 26.8 Å². The highest BCUT2D eigenvalue weighted by Crippen LogP contribution is 2.29. The van der Waals surface area contributed by atoms with Crippen LogP contribution < -0.4 is 26.8 Å². The van der Waals surface area contributed by atoms with E-state index < -0.39 is 17.9 Å². The average molecular weight is 635 g/mol. The average Bonchev–Trinajstić information content (AvgIpc) is 3.49. The second-order valence-electron chi connectivity index (χ2n) is 11.0. The number of hydrogen-bond acceptors (Lipinski definition) is 6. The zero-order chi connectivity index (χ0) is 32.5. The van der Waals surface area contributed by atoms with Crippen LogP contribution in [0.4, 0.5) is 0 Å². The van der Waals surface area contributed by atoms with Gasteiger partial charge in [-0.25, -0.2) is 0 Å². The predicted octanol–water partition coefficient (Wildman–Crippen LogP) is 5.23. The van der Waals surface area contributed by atoms with E-state index in [2.05, 4.69) is 10.6 Å². The maximum Gasteiger partial charge on any atom is 0.249 e. The van der Waals surface area contributed by atoms with Crippen molar-refractivity contribution in [3.8, 4) is 5.75 Å². The highest BCUT2D eigenvalue weighted by atomic mass is 32.1. The van der Waals surface area contributed by atoms with Crippen LogP contribution in [0.2, 0.25) is 0 Å². The summed E-state index contributed by atoms with van der Waals surface area (Å²) in [7, 11) is 0. The van der Waals surface area contributed by atoms with E-state index in [1.165, 1.54) is 0 Å². The topological polar surface area (TPSA) is 137 Å². The van der Waals surface area contributed by atoms with Crippen LogP contribution >= 0.6 is 11.3 Å². The maximum absolute atomic E-state index is 14.3. The number of benzene rings is 4. The van der Waals surface area contributed by atoms with Gasteiger partial charge in [0.15, 0.2) is 0 Å². The monoisotopic (exact) mass is 634 g/mol. The Labute approximate surface area is 272 Å². The molecule has 46 heavy (non-hydrogen) atoms. The van der Waals surface area contributed by atoms with Crippen LogP contribution in [-0.4, -0.2) is 30.4 Å². The number of ether oxygens (including phenoxy) is 1. The second kappa shape index (κ2) is 15.3. The SMILES string of the molecule is CCOc1ccc(C[C@@H](C(=O)N[C@@H](Cc2csc3ccccc23)C(=O)NCc2ccc(CN)cc2)c2ccccc2C(N)=O)cc1. The van der Waals surface area contributed by atoms with Crippen LogP contribution in [0.25, 0.3) is 10.1 Å². The minimum atomic E-state index is -0.877. The zero-order valence-electron chi connectivity index (χ0n) is 25.7. The molecule has 2 atom stereocenters. The lowest BCUT2D eigenvalue weighted by molar-refractivity contribution is -0.129. The number of primary amides is 1. The van der Waals surface area contributed by atoms with Gasteiger partial charge >= 0.3 is 0 Å². The van der Waals surface area contributed by atoms with Crippen molar-refractivity contribution < 1.29 is 19.1 Å². The third kappa shape index (κ3) is 7.99. The Bertz CT molecular complexity index is 1800. The molecule has 0 unspecified atom stereocenters. The summed E-state index contributed by atoms with van der Waals surface area (Å²) in [6.07, 6.45) is 0.576. The van der Waals surface area contributed by atoms with Gasteiger partial charge in [0.25, 0.3) is 0 Å². The van der Waals surface area contributed by atoms with Crippen molar-refractivity contribution in [3.63, 3.8) is 0 Å². The minimum absolute atomic E-state index is 0.263. The standard InChI is InChI=1S/C37H38N4O4S/c1-2-45-28-17-15-24(16-18-28)19-32(30-8-3-4-9-31(30)35(39)42)36(43)41-33(20-27-23-46-34-10-6-5-7-29(27)34)37(44)40-22-26-13-11-25(21-38)12-14-26/h3-18,23,32-33H,2,19-22,38H2,1H3,(H2,39,42)(H,40,44)(H,41,43)/t32-,33+/m1/s1. The largest absolute Gasteiger partial charge is 0.494 e. The summed E-state index contributed by atoms with van der Waals surface area (Å²) in [4.78, 5) is 40.5. The summed E-state index contributed by atoms with van der Waals surface area (Å²) in [5, 5.41) is 9.13. The van der Waals surface area contributed by atoms with Gasteiger partial charge in [-0.2, -0.15) is 0 Å². The molecule has 0 fully saturated rings. The van der Waals surface area contributed by atoms with E-state index in [0.29, 0.717) is 31.7 Å². The molecule has 8 nitrogen and oxygen atoms in total. The van der Waals surface area contributed by atoms with E-state index in [9.17, 15) is 14.4 Å². The molecule has 0 spiro atoms. The van der Waals surface area contributed by atoms with Gasteiger partial charge in [0.1, 0.15) is 11.8 Å². The fraction of sp³-hybridized carbons (Fsp3) is 0.216. The fourth-order valence-corrected chi connectivity index (χ4v) is 6.47. The lowest BCUT2D eigenvalue weighted by atomic mass is 9.87. The van der Waals surface area contributed by atoms with Gasteiger partial charge in [-0.05, 0) is 76.2 Å². The summed E-state index contributed by atoms with van der Waals surface area (Å²) in [5.41, 5.74) is 16.0. The molecule has 3 amide bonds. The molecule has 6 N–H and O–H groups in total. The number of nitrogens with two attached hydrogens (primary N) is 2. The van der Waals surface area contributed by atoms with Crippen molar-refractivity contribution in [1.29, 1.82) is 0 Å². The quantitative estimate of drug-likeness (QED) is 0.133. The minimum Gasteiger partial charge on any atom is -0.494 e. The Morgan fingerprint density at radius 3 is 2.20 bits per heavy atom. The lowest BCUT2D eigenvalue weighted by Crippen LogP contribution is -2.49. The maximum atomic E-state index is 14.3. The molecule has 1 aromatic heterocycles. The van der Waals surface area contributed by atoms with Gasteiger partial charge in [0, 0.05) is 29.8 Å². The van der Waals surface area contributed by atoms with Crippen molar-refractivity contribution in [2.75, 3.05) is 6.61 Å². The number of carbonyl (C=O) groups excluding carboxylic acids is 3. The lowest BCUT2D eigenvalue weighted by Gasteiger charge is -2.24. The van der Waals surface area contributed by atoms with E-state index in [0.717, 1.165) is 38.1 Å². The Hall–Kier alpha value is -4.99. The van der Waals surface area contributed by atoms with Crippen LogP contribution in [0.3, 0.4) is 0 Å². The predicted molar refractivity (Wildman–Crippen MR) is 183 cm³/mol. The second-order valence-corrected chi connectivity index (χ2v) is 12.0. The molecule has 0 bridgehead atoms. The highest BCUT2D eigenvalue weighted by molar-refractivity contribution is 7.17. The normalized spacial score (nSPS) is 12.3. The molecule has 9 heteroatoms. The van der Waals surface area contributed by atoms with Gasteiger partial charge in [0.05, 0.1) is 12.5 Å². The first-order valence-electron chi connectivity index (χ1n) is 15.3.